The van der Waals surface area contributed by atoms with Crippen LogP contribution in [0.3, 0.4) is 0 Å². The number of piperazine rings is 1. The molecule has 1 aromatic carbocycles. The molecule has 29 heavy (non-hydrogen) atoms. The van der Waals surface area contributed by atoms with Gasteiger partial charge >= 0.3 is 0 Å². The van der Waals surface area contributed by atoms with Crippen LogP contribution in [0, 0.1) is 31.6 Å². The van der Waals surface area contributed by atoms with Crippen molar-refractivity contribution in [3.8, 4) is 0 Å². The Balaban J connectivity index is 1.19. The summed E-state index contributed by atoms with van der Waals surface area (Å²) in [4.78, 5) is 18.1. The Morgan fingerprint density at radius 3 is 2.17 bits per heavy atom. The van der Waals surface area contributed by atoms with Gasteiger partial charge in [-0.05, 0) is 94.2 Å². The number of rotatable bonds is 4. The van der Waals surface area contributed by atoms with Gasteiger partial charge in [0.1, 0.15) is 0 Å². The van der Waals surface area contributed by atoms with Crippen molar-refractivity contribution in [1.29, 1.82) is 0 Å². The second kappa shape index (κ2) is 7.30. The van der Waals surface area contributed by atoms with Crippen molar-refractivity contribution in [3.05, 3.63) is 29.3 Å². The summed E-state index contributed by atoms with van der Waals surface area (Å²) in [6.07, 6.45) is 7.97. The number of aryl methyl sites for hydroxylation is 1. The van der Waals surface area contributed by atoms with Crippen molar-refractivity contribution < 1.29 is 4.79 Å². The molecule has 158 valence electrons. The molecular weight excluding hydrogens is 358 g/mol. The fourth-order valence-corrected chi connectivity index (χ4v) is 7.22. The number of anilines is 1. The van der Waals surface area contributed by atoms with Crippen LogP contribution in [0.4, 0.5) is 5.69 Å². The molecule has 1 aromatic rings. The summed E-state index contributed by atoms with van der Waals surface area (Å²) in [6.45, 7) is 10.4. The van der Waals surface area contributed by atoms with E-state index in [2.05, 4.69) is 54.1 Å². The minimum Gasteiger partial charge on any atom is -0.369 e. The molecule has 4 bridgehead atoms. The SMILES string of the molecule is Cc1cccc(N2CCN(C(C)C(=O)NC34CC5CC(CC(C5)C3)C4)CC2)c1C. The maximum Gasteiger partial charge on any atom is 0.237 e. The first-order valence-electron chi connectivity index (χ1n) is 11.8. The van der Waals surface area contributed by atoms with Gasteiger partial charge in [-0.1, -0.05) is 12.1 Å². The topological polar surface area (TPSA) is 35.6 Å². The van der Waals surface area contributed by atoms with Crippen LogP contribution < -0.4 is 10.2 Å². The van der Waals surface area contributed by atoms with E-state index >= 15 is 0 Å². The van der Waals surface area contributed by atoms with Crippen molar-refractivity contribution in [2.75, 3.05) is 31.1 Å². The third kappa shape index (κ3) is 3.58. The second-order valence-corrected chi connectivity index (χ2v) is 10.6. The van der Waals surface area contributed by atoms with Gasteiger partial charge in [-0.2, -0.15) is 0 Å². The Labute approximate surface area is 176 Å². The Morgan fingerprint density at radius 2 is 1.59 bits per heavy atom. The number of carbonyl (C=O) groups excluding carboxylic acids is 1. The summed E-state index contributed by atoms with van der Waals surface area (Å²) in [5.74, 6) is 2.89. The van der Waals surface area contributed by atoms with Crippen molar-refractivity contribution in [2.24, 2.45) is 17.8 Å². The lowest BCUT2D eigenvalue weighted by Crippen LogP contribution is -2.63. The molecule has 1 heterocycles. The van der Waals surface area contributed by atoms with E-state index in [1.165, 1.54) is 55.3 Å². The van der Waals surface area contributed by atoms with Crippen LogP contribution >= 0.6 is 0 Å². The largest absolute Gasteiger partial charge is 0.369 e. The van der Waals surface area contributed by atoms with Gasteiger partial charge < -0.3 is 10.2 Å². The molecule has 1 atom stereocenters. The van der Waals surface area contributed by atoms with Crippen LogP contribution in [0.15, 0.2) is 18.2 Å². The molecule has 0 radical (unpaired) electrons. The molecule has 4 aliphatic carbocycles. The summed E-state index contributed by atoms with van der Waals surface area (Å²) in [5, 5.41) is 3.59. The average molecular weight is 396 g/mol. The first-order chi connectivity index (χ1) is 13.9. The molecule has 6 rings (SSSR count). The van der Waals surface area contributed by atoms with E-state index in [1.54, 1.807) is 0 Å². The van der Waals surface area contributed by atoms with E-state index in [0.717, 1.165) is 43.9 Å². The summed E-state index contributed by atoms with van der Waals surface area (Å²) < 4.78 is 0. The van der Waals surface area contributed by atoms with E-state index in [9.17, 15) is 4.79 Å². The van der Waals surface area contributed by atoms with Crippen LogP contribution in [0.25, 0.3) is 0 Å². The zero-order chi connectivity index (χ0) is 20.2. The number of nitrogens with one attached hydrogen (secondary N) is 1. The van der Waals surface area contributed by atoms with Crippen LogP contribution in [-0.2, 0) is 4.79 Å². The Kier molecular flexibility index (Phi) is 4.89. The lowest BCUT2D eigenvalue weighted by Gasteiger charge is -2.57. The van der Waals surface area contributed by atoms with E-state index < -0.39 is 0 Å². The number of amides is 1. The fraction of sp³-hybridized carbons (Fsp3) is 0.720. The number of nitrogens with zero attached hydrogens (tertiary/aromatic N) is 2. The molecule has 1 unspecified atom stereocenters. The molecule has 4 heteroatoms. The lowest BCUT2D eigenvalue weighted by molar-refractivity contribution is -0.131. The quantitative estimate of drug-likeness (QED) is 0.840. The fourth-order valence-electron chi connectivity index (χ4n) is 7.22. The van der Waals surface area contributed by atoms with Gasteiger partial charge in [0.2, 0.25) is 5.91 Å². The average Bonchev–Trinajstić information content (AvgIpc) is 2.68. The highest BCUT2D eigenvalue weighted by molar-refractivity contribution is 5.82. The van der Waals surface area contributed by atoms with Crippen LogP contribution in [0.2, 0.25) is 0 Å². The number of hydrogen-bond donors (Lipinski definition) is 1. The smallest absolute Gasteiger partial charge is 0.237 e. The summed E-state index contributed by atoms with van der Waals surface area (Å²) >= 11 is 0. The minimum absolute atomic E-state index is 0.0243. The van der Waals surface area contributed by atoms with Gasteiger partial charge in [0.15, 0.2) is 0 Å². The molecule has 0 aromatic heterocycles. The Bertz CT molecular complexity index is 745. The van der Waals surface area contributed by atoms with Gasteiger partial charge in [0, 0.05) is 37.4 Å². The van der Waals surface area contributed by atoms with Gasteiger partial charge in [-0.25, -0.2) is 0 Å². The predicted octanol–water partition coefficient (Wildman–Crippen LogP) is 3.90. The van der Waals surface area contributed by atoms with Crippen LogP contribution in [0.1, 0.15) is 56.6 Å². The second-order valence-electron chi connectivity index (χ2n) is 10.6. The van der Waals surface area contributed by atoms with Crippen molar-refractivity contribution in [3.63, 3.8) is 0 Å². The minimum atomic E-state index is -0.0243. The zero-order valence-electron chi connectivity index (χ0n) is 18.4. The zero-order valence-corrected chi connectivity index (χ0v) is 18.4. The third-order valence-electron chi connectivity index (χ3n) is 8.58. The van der Waals surface area contributed by atoms with E-state index in [-0.39, 0.29) is 17.5 Å². The molecule has 1 saturated heterocycles. The molecule has 4 saturated carbocycles. The molecule has 4 nitrogen and oxygen atoms in total. The third-order valence-corrected chi connectivity index (χ3v) is 8.58. The van der Waals surface area contributed by atoms with E-state index in [0.29, 0.717) is 0 Å². The molecular formula is C25H37N3O. The normalized spacial score (nSPS) is 35.0. The summed E-state index contributed by atoms with van der Waals surface area (Å²) in [5.41, 5.74) is 4.22. The van der Waals surface area contributed by atoms with E-state index in [1.807, 2.05) is 0 Å². The summed E-state index contributed by atoms with van der Waals surface area (Å²) in [7, 11) is 0. The molecule has 0 spiro atoms. The first kappa shape index (κ1) is 19.4. The van der Waals surface area contributed by atoms with Gasteiger partial charge in [-0.3, -0.25) is 9.69 Å². The maximum absolute atomic E-state index is 13.2. The highest BCUT2D eigenvalue weighted by Crippen LogP contribution is 2.55. The standard InChI is InChI=1S/C25H37N3O/c1-17-5-4-6-23(18(17)2)28-9-7-27(8-10-28)19(3)24(29)26-25-14-20-11-21(15-25)13-22(12-20)16-25/h4-6,19-22H,7-16H2,1-3H3,(H,26,29). The van der Waals surface area contributed by atoms with E-state index in [4.69, 9.17) is 0 Å². The van der Waals surface area contributed by atoms with Crippen molar-refractivity contribution in [2.45, 2.75) is 70.9 Å². The molecule has 1 amide bonds. The molecule has 1 N–H and O–H groups in total. The van der Waals surface area contributed by atoms with Gasteiger partial charge in [0.25, 0.3) is 0 Å². The monoisotopic (exact) mass is 395 g/mol. The van der Waals surface area contributed by atoms with Crippen molar-refractivity contribution in [1.82, 2.24) is 10.2 Å². The van der Waals surface area contributed by atoms with Gasteiger partial charge in [0.05, 0.1) is 6.04 Å². The Hall–Kier alpha value is -1.55. The highest BCUT2D eigenvalue weighted by Gasteiger charge is 2.51. The van der Waals surface area contributed by atoms with Crippen LogP contribution in [0.5, 0.6) is 0 Å². The summed E-state index contributed by atoms with van der Waals surface area (Å²) in [6, 6.07) is 6.56. The van der Waals surface area contributed by atoms with Crippen molar-refractivity contribution >= 4 is 11.6 Å². The predicted molar refractivity (Wildman–Crippen MR) is 118 cm³/mol. The van der Waals surface area contributed by atoms with Crippen LogP contribution in [-0.4, -0.2) is 48.6 Å². The number of benzene rings is 1. The van der Waals surface area contributed by atoms with Gasteiger partial charge in [-0.15, -0.1) is 0 Å². The molecule has 1 aliphatic heterocycles. The first-order valence-corrected chi connectivity index (χ1v) is 11.8. The lowest BCUT2D eigenvalue weighted by atomic mass is 9.53. The molecule has 5 fully saturated rings. The molecule has 5 aliphatic rings. The number of carbonyl (C=O) groups is 1. The maximum atomic E-state index is 13.2. The Morgan fingerprint density at radius 1 is 1.00 bits per heavy atom. The highest BCUT2D eigenvalue weighted by atomic mass is 16.2. The number of hydrogen-bond acceptors (Lipinski definition) is 3.